The minimum atomic E-state index is -1.08. The maximum Gasteiger partial charge on any atom is 0.246 e. The molecular weight excluding hydrogens is 935 g/mol. The highest BCUT2D eigenvalue weighted by Gasteiger charge is 2.46. The number of aliphatic hydroxyl groups is 1. The predicted molar refractivity (Wildman–Crippen MR) is 275 cm³/mol. The van der Waals surface area contributed by atoms with Gasteiger partial charge in [0.25, 0.3) is 0 Å². The second-order valence-electron chi connectivity index (χ2n) is 20.5. The van der Waals surface area contributed by atoms with Crippen molar-refractivity contribution in [1.29, 1.82) is 0 Å². The molecule has 72 heavy (non-hydrogen) atoms. The molecule has 17 nitrogen and oxygen atoms in total. The Balaban J connectivity index is 0.868. The van der Waals surface area contributed by atoms with Gasteiger partial charge in [-0.3, -0.25) is 38.5 Å². The zero-order chi connectivity index (χ0) is 51.9. The smallest absolute Gasteiger partial charge is 0.246 e. The number of likely N-dealkylation sites (tertiary alicyclic amines) is 1. The summed E-state index contributed by atoms with van der Waals surface area (Å²) >= 11 is 1.57. The summed E-state index contributed by atoms with van der Waals surface area (Å²) in [4.78, 5) is 102. The first-order valence-electron chi connectivity index (χ1n) is 25.0. The SMILES string of the molecule is Cc1ncsc1-c1ccc([C@H](C)NC(=O)C2C[C@@H](O)CN2C(=O)[C@@H](NC(=O)CCCCCc2cccc(CNC(=O)[C@H](CCC(N)=O)NC(=O)[C@@H]3Cc4cccc5c4N3C(=O)[C@@H](N)CC5)c2)C(C)(C)C)cc1. The lowest BCUT2D eigenvalue weighted by Crippen LogP contribution is -2.57. The van der Waals surface area contributed by atoms with Gasteiger partial charge in [-0.2, -0.15) is 0 Å². The standard InChI is InChI=1S/C54H69N9O8S/c1-31(35-17-19-37(20-18-35)47-32(2)58-30-72-47)59-50(68)42-27-39(64)29-62(42)53(71)48(54(3,4)5)61-45(66)16-8-6-7-11-33-12-9-13-34(25-33)28-57-49(67)41(23-24-44(56)65)60-51(69)43-26-38-15-10-14-36-21-22-40(55)52(70)63(43)46(36)38/h9-10,12-15,17-20,25,30-31,39-43,48,64H,6-8,11,16,21-24,26-29,55H2,1-5H3,(H2,56,65)(H,57,67)(H,59,68)(H,60,69)(H,61,66)/t31-,39+,40-,41-,42?,43-,48+/m0/s1. The van der Waals surface area contributed by atoms with Crippen LogP contribution in [0.3, 0.4) is 0 Å². The van der Waals surface area contributed by atoms with E-state index in [0.717, 1.165) is 56.8 Å². The second-order valence-corrected chi connectivity index (χ2v) is 21.4. The van der Waals surface area contributed by atoms with Gasteiger partial charge in [-0.05, 0) is 91.2 Å². The van der Waals surface area contributed by atoms with E-state index in [1.807, 2.05) is 107 Å². The molecule has 0 spiro atoms. The Hall–Kier alpha value is -6.50. The summed E-state index contributed by atoms with van der Waals surface area (Å²) in [5.74, 6) is -3.03. The number of nitrogens with one attached hydrogen (secondary N) is 4. The highest BCUT2D eigenvalue weighted by atomic mass is 32.1. The van der Waals surface area contributed by atoms with Crippen LogP contribution >= 0.6 is 11.3 Å². The van der Waals surface area contributed by atoms with Crippen molar-refractivity contribution in [3.63, 3.8) is 0 Å². The van der Waals surface area contributed by atoms with Gasteiger partial charge in [0.05, 0.1) is 40.0 Å². The number of β-amino-alcohol motifs (C(OH)–C–C–N with tert-alkyl or cyclic N) is 1. The topological polar surface area (TPSA) is 259 Å². The van der Waals surface area contributed by atoms with Crippen molar-refractivity contribution in [2.24, 2.45) is 16.9 Å². The molecule has 0 radical (unpaired) electrons. The third-order valence-corrected chi connectivity index (χ3v) is 14.9. The Bertz CT molecular complexity index is 2650. The number of nitrogens with two attached hydrogens (primary N) is 2. The Morgan fingerprint density at radius 3 is 2.31 bits per heavy atom. The zero-order valence-electron chi connectivity index (χ0n) is 41.9. The van der Waals surface area contributed by atoms with Gasteiger partial charge < -0.3 is 42.7 Å². The predicted octanol–water partition coefficient (Wildman–Crippen LogP) is 4.19. The monoisotopic (exact) mass is 1000 g/mol. The van der Waals surface area contributed by atoms with Crippen LogP contribution in [0.4, 0.5) is 5.69 Å². The summed E-state index contributed by atoms with van der Waals surface area (Å²) in [5, 5.41) is 22.4. The third-order valence-electron chi connectivity index (χ3n) is 14.0. The number of amides is 7. The lowest BCUT2D eigenvalue weighted by Gasteiger charge is -2.35. The van der Waals surface area contributed by atoms with Crippen molar-refractivity contribution < 1.29 is 38.7 Å². The molecule has 7 amide bonds. The molecule has 0 saturated carbocycles. The Labute approximate surface area is 425 Å². The number of carbonyl (C=O) groups is 7. The van der Waals surface area contributed by atoms with Crippen LogP contribution in [0.25, 0.3) is 10.4 Å². The lowest BCUT2D eigenvalue weighted by molar-refractivity contribution is -0.144. The number of anilines is 1. The first-order chi connectivity index (χ1) is 34.3. The van der Waals surface area contributed by atoms with E-state index in [4.69, 9.17) is 11.5 Å². The molecule has 1 unspecified atom stereocenters. The normalized spacial score (nSPS) is 19.7. The minimum Gasteiger partial charge on any atom is -0.391 e. The van der Waals surface area contributed by atoms with Crippen LogP contribution in [0.15, 0.2) is 72.2 Å². The fraction of sp³-hybridized carbons (Fsp3) is 0.481. The van der Waals surface area contributed by atoms with Gasteiger partial charge in [-0.1, -0.05) is 93.9 Å². The Morgan fingerprint density at radius 2 is 1.60 bits per heavy atom. The van der Waals surface area contributed by atoms with E-state index in [2.05, 4.69) is 26.3 Å². The van der Waals surface area contributed by atoms with E-state index in [9.17, 15) is 38.7 Å². The van der Waals surface area contributed by atoms with E-state index in [-0.39, 0.29) is 69.0 Å². The van der Waals surface area contributed by atoms with Crippen molar-refractivity contribution in [2.75, 3.05) is 11.4 Å². The molecule has 1 saturated heterocycles. The van der Waals surface area contributed by atoms with Gasteiger partial charge >= 0.3 is 0 Å². The number of para-hydroxylation sites is 1. The number of unbranched alkanes of at least 4 members (excludes halogenated alkanes) is 2. The average molecular weight is 1000 g/mol. The van der Waals surface area contributed by atoms with Crippen molar-refractivity contribution >= 4 is 58.4 Å². The van der Waals surface area contributed by atoms with Crippen LogP contribution in [0.2, 0.25) is 0 Å². The number of nitrogens with zero attached hydrogens (tertiary/aromatic N) is 3. The van der Waals surface area contributed by atoms with Crippen LogP contribution in [0, 0.1) is 12.3 Å². The Kier molecular flexibility index (Phi) is 17.3. The van der Waals surface area contributed by atoms with E-state index in [1.54, 1.807) is 11.3 Å². The van der Waals surface area contributed by atoms with Gasteiger partial charge in [-0.25, -0.2) is 4.98 Å². The number of benzene rings is 3. The average Bonchev–Trinajstić information content (AvgIpc) is 4.06. The largest absolute Gasteiger partial charge is 0.391 e. The summed E-state index contributed by atoms with van der Waals surface area (Å²) in [6.45, 7) is 9.56. The fourth-order valence-electron chi connectivity index (χ4n) is 9.93. The number of aromatic nitrogens is 1. The number of thiazole rings is 1. The minimum absolute atomic E-state index is 0.0177. The summed E-state index contributed by atoms with van der Waals surface area (Å²) in [7, 11) is 0. The first-order valence-corrected chi connectivity index (χ1v) is 25.9. The van der Waals surface area contributed by atoms with Gasteiger partial charge in [0.1, 0.15) is 24.2 Å². The van der Waals surface area contributed by atoms with Crippen molar-refractivity contribution in [2.45, 2.75) is 154 Å². The maximum absolute atomic E-state index is 14.2. The fourth-order valence-corrected chi connectivity index (χ4v) is 10.7. The van der Waals surface area contributed by atoms with Gasteiger partial charge in [0.2, 0.25) is 41.4 Å². The van der Waals surface area contributed by atoms with Crippen molar-refractivity contribution in [3.8, 4) is 10.4 Å². The molecule has 0 bridgehead atoms. The molecule has 3 aliphatic heterocycles. The molecule has 4 aromatic rings. The molecule has 3 aromatic carbocycles. The van der Waals surface area contributed by atoms with E-state index >= 15 is 0 Å². The molecule has 3 aliphatic rings. The summed E-state index contributed by atoms with van der Waals surface area (Å²) in [5.41, 5.74) is 20.0. The Morgan fingerprint density at radius 1 is 0.889 bits per heavy atom. The number of aliphatic hydroxyl groups excluding tert-OH is 1. The van der Waals surface area contributed by atoms with Crippen molar-refractivity contribution in [1.82, 2.24) is 31.2 Å². The number of carbonyl (C=O) groups excluding carboxylic acids is 7. The van der Waals surface area contributed by atoms with Crippen LogP contribution in [0.5, 0.6) is 0 Å². The van der Waals surface area contributed by atoms with Gasteiger partial charge in [0.15, 0.2) is 0 Å². The molecule has 1 fully saturated rings. The summed E-state index contributed by atoms with van der Waals surface area (Å²) in [6.07, 6.45) is 3.39. The number of hydrogen-bond donors (Lipinski definition) is 7. The molecule has 9 N–H and O–H groups in total. The zero-order valence-corrected chi connectivity index (χ0v) is 42.7. The molecule has 18 heteroatoms. The highest BCUT2D eigenvalue weighted by molar-refractivity contribution is 7.13. The van der Waals surface area contributed by atoms with Gasteiger partial charge in [0, 0.05) is 38.8 Å². The number of primary amides is 1. The highest BCUT2D eigenvalue weighted by Crippen LogP contribution is 2.39. The van der Waals surface area contributed by atoms with Crippen LogP contribution < -0.4 is 37.6 Å². The summed E-state index contributed by atoms with van der Waals surface area (Å²) < 4.78 is 0. The molecule has 1 aromatic heterocycles. The van der Waals surface area contributed by atoms with E-state index in [0.29, 0.717) is 31.4 Å². The van der Waals surface area contributed by atoms with E-state index in [1.165, 1.54) is 9.80 Å². The van der Waals surface area contributed by atoms with Crippen LogP contribution in [-0.2, 0) is 59.4 Å². The second kappa shape index (κ2) is 23.4. The molecular formula is C54H69N9O8S. The summed E-state index contributed by atoms with van der Waals surface area (Å²) in [6, 6.07) is 16.5. The molecule has 4 heterocycles. The first kappa shape index (κ1) is 53.3. The third kappa shape index (κ3) is 12.9. The molecule has 0 aliphatic carbocycles. The van der Waals surface area contributed by atoms with E-state index < -0.39 is 65.4 Å². The van der Waals surface area contributed by atoms with Crippen molar-refractivity contribution in [3.05, 3.63) is 106 Å². The quantitative estimate of drug-likeness (QED) is 0.0622. The number of aryl methyl sites for hydroxylation is 3. The number of rotatable bonds is 20. The number of hydrogen-bond acceptors (Lipinski definition) is 11. The molecule has 7 atom stereocenters. The maximum atomic E-state index is 14.2. The molecule has 7 rings (SSSR count). The van der Waals surface area contributed by atoms with Crippen LogP contribution in [0.1, 0.15) is 119 Å². The lowest BCUT2D eigenvalue weighted by atomic mass is 9.85. The van der Waals surface area contributed by atoms with Gasteiger partial charge in [-0.15, -0.1) is 11.3 Å². The molecule has 384 valence electrons. The van der Waals surface area contributed by atoms with Crippen LogP contribution in [-0.4, -0.2) is 99.2 Å².